The summed E-state index contributed by atoms with van der Waals surface area (Å²) in [5, 5.41) is 8.36. The molecule has 21 heavy (non-hydrogen) atoms. The molecule has 0 radical (unpaired) electrons. The van der Waals surface area contributed by atoms with Gasteiger partial charge in [-0.2, -0.15) is 0 Å². The number of carbonyl (C=O) groups excluding carboxylic acids is 2. The fourth-order valence-electron chi connectivity index (χ4n) is 1.50. The SMILES string of the molecule is CC(C)(C)c1ccc(C(=O)NNC(=O)/C=C/C(=O)O)cc1. The van der Waals surface area contributed by atoms with Crippen LogP contribution in [0.15, 0.2) is 36.4 Å². The second-order valence-electron chi connectivity index (χ2n) is 5.44. The molecule has 1 aromatic carbocycles. The van der Waals surface area contributed by atoms with Gasteiger partial charge >= 0.3 is 5.97 Å². The molecular weight excluding hydrogens is 272 g/mol. The van der Waals surface area contributed by atoms with E-state index in [-0.39, 0.29) is 5.41 Å². The molecule has 3 N–H and O–H groups in total. The van der Waals surface area contributed by atoms with Gasteiger partial charge in [-0.15, -0.1) is 0 Å². The van der Waals surface area contributed by atoms with Crippen molar-refractivity contribution >= 4 is 17.8 Å². The maximum absolute atomic E-state index is 11.8. The summed E-state index contributed by atoms with van der Waals surface area (Å²) in [4.78, 5) is 33.2. The number of hydrazine groups is 1. The van der Waals surface area contributed by atoms with Gasteiger partial charge in [0.2, 0.25) is 0 Å². The molecule has 0 aliphatic carbocycles. The van der Waals surface area contributed by atoms with Gasteiger partial charge in [0.15, 0.2) is 0 Å². The second kappa shape index (κ2) is 6.69. The Labute approximate surface area is 122 Å². The molecule has 0 aliphatic heterocycles. The first kappa shape index (κ1) is 16.4. The minimum Gasteiger partial charge on any atom is -0.478 e. The van der Waals surface area contributed by atoms with Crippen LogP contribution in [0.1, 0.15) is 36.7 Å². The second-order valence-corrected chi connectivity index (χ2v) is 5.44. The highest BCUT2D eigenvalue weighted by molar-refractivity contribution is 5.98. The van der Waals surface area contributed by atoms with E-state index in [1.54, 1.807) is 12.1 Å². The van der Waals surface area contributed by atoms with E-state index < -0.39 is 17.8 Å². The summed E-state index contributed by atoms with van der Waals surface area (Å²) in [6.45, 7) is 6.20. The number of amides is 2. The summed E-state index contributed by atoms with van der Waals surface area (Å²) in [5.74, 6) is -2.45. The third kappa shape index (κ3) is 5.48. The average Bonchev–Trinajstić information content (AvgIpc) is 2.41. The third-order valence-electron chi connectivity index (χ3n) is 2.69. The van der Waals surface area contributed by atoms with E-state index in [1.807, 2.05) is 12.1 Å². The van der Waals surface area contributed by atoms with Crippen molar-refractivity contribution in [3.8, 4) is 0 Å². The fraction of sp³-hybridized carbons (Fsp3) is 0.267. The highest BCUT2D eigenvalue weighted by atomic mass is 16.4. The molecule has 0 bridgehead atoms. The minimum atomic E-state index is -1.24. The molecule has 0 saturated carbocycles. The number of benzene rings is 1. The number of hydrogen-bond donors (Lipinski definition) is 3. The highest BCUT2D eigenvalue weighted by Crippen LogP contribution is 2.21. The molecule has 0 unspecified atom stereocenters. The lowest BCUT2D eigenvalue weighted by molar-refractivity contribution is -0.131. The van der Waals surface area contributed by atoms with Crippen molar-refractivity contribution in [2.75, 3.05) is 0 Å². The molecule has 0 saturated heterocycles. The number of hydrogen-bond acceptors (Lipinski definition) is 3. The maximum Gasteiger partial charge on any atom is 0.328 e. The van der Waals surface area contributed by atoms with Crippen molar-refractivity contribution in [2.24, 2.45) is 0 Å². The summed E-state index contributed by atoms with van der Waals surface area (Å²) in [7, 11) is 0. The van der Waals surface area contributed by atoms with Gasteiger partial charge in [-0.1, -0.05) is 32.9 Å². The minimum absolute atomic E-state index is 0.00908. The Morgan fingerprint density at radius 3 is 2.05 bits per heavy atom. The molecule has 1 aromatic rings. The van der Waals surface area contributed by atoms with Gasteiger partial charge in [-0.25, -0.2) is 4.79 Å². The van der Waals surface area contributed by atoms with Gasteiger partial charge in [0.25, 0.3) is 11.8 Å². The van der Waals surface area contributed by atoms with Gasteiger partial charge in [0, 0.05) is 17.7 Å². The van der Waals surface area contributed by atoms with E-state index in [1.165, 1.54) is 0 Å². The normalized spacial score (nSPS) is 11.2. The molecule has 0 aromatic heterocycles. The molecule has 0 atom stereocenters. The molecule has 0 aliphatic rings. The lowest BCUT2D eigenvalue weighted by Gasteiger charge is -2.19. The zero-order valence-electron chi connectivity index (χ0n) is 12.1. The first-order chi connectivity index (χ1) is 9.70. The van der Waals surface area contributed by atoms with Crippen molar-refractivity contribution in [3.63, 3.8) is 0 Å². The summed E-state index contributed by atoms with van der Waals surface area (Å²) < 4.78 is 0. The van der Waals surface area contributed by atoms with Crippen molar-refractivity contribution < 1.29 is 19.5 Å². The van der Waals surface area contributed by atoms with Crippen LogP contribution in [0.4, 0.5) is 0 Å². The largest absolute Gasteiger partial charge is 0.478 e. The molecule has 0 fully saturated rings. The van der Waals surface area contributed by atoms with Gasteiger partial charge in [0.1, 0.15) is 0 Å². The molecule has 6 nitrogen and oxygen atoms in total. The van der Waals surface area contributed by atoms with E-state index in [0.717, 1.165) is 11.6 Å². The monoisotopic (exact) mass is 290 g/mol. The lowest BCUT2D eigenvalue weighted by atomic mass is 9.87. The molecule has 2 amide bonds. The summed E-state index contributed by atoms with van der Waals surface area (Å²) in [6, 6.07) is 7.02. The highest BCUT2D eigenvalue weighted by Gasteiger charge is 2.14. The van der Waals surface area contributed by atoms with Crippen LogP contribution in [-0.2, 0) is 15.0 Å². The first-order valence-corrected chi connectivity index (χ1v) is 6.32. The predicted molar refractivity (Wildman–Crippen MR) is 77.5 cm³/mol. The van der Waals surface area contributed by atoms with E-state index in [0.29, 0.717) is 11.6 Å². The number of carboxylic acid groups (broad SMARTS) is 1. The van der Waals surface area contributed by atoms with Crippen LogP contribution in [-0.4, -0.2) is 22.9 Å². The van der Waals surface area contributed by atoms with Crippen LogP contribution >= 0.6 is 0 Å². The molecule has 6 heteroatoms. The van der Waals surface area contributed by atoms with Crippen molar-refractivity contribution in [3.05, 3.63) is 47.5 Å². The van der Waals surface area contributed by atoms with Gasteiger partial charge in [0.05, 0.1) is 0 Å². The molecule has 1 rings (SSSR count). The van der Waals surface area contributed by atoms with Crippen LogP contribution < -0.4 is 10.9 Å². The zero-order valence-corrected chi connectivity index (χ0v) is 12.1. The van der Waals surface area contributed by atoms with E-state index in [2.05, 4.69) is 31.6 Å². The topological polar surface area (TPSA) is 95.5 Å². The van der Waals surface area contributed by atoms with Crippen molar-refractivity contribution in [1.29, 1.82) is 0 Å². The van der Waals surface area contributed by atoms with Crippen molar-refractivity contribution in [2.45, 2.75) is 26.2 Å². The van der Waals surface area contributed by atoms with E-state index in [9.17, 15) is 14.4 Å². The van der Waals surface area contributed by atoms with Crippen LogP contribution in [0.2, 0.25) is 0 Å². The standard InChI is InChI=1S/C15H18N2O4/c1-15(2,3)11-6-4-10(5-7-11)14(21)17-16-12(18)8-9-13(19)20/h4-9H,1-3H3,(H,16,18)(H,17,21)(H,19,20)/b9-8+. The quantitative estimate of drug-likeness (QED) is 0.579. The van der Waals surface area contributed by atoms with Crippen LogP contribution in [0.5, 0.6) is 0 Å². The number of carboxylic acids is 1. The predicted octanol–water partition coefficient (Wildman–Crippen LogP) is 1.39. The van der Waals surface area contributed by atoms with Gasteiger partial charge in [-0.3, -0.25) is 20.4 Å². The van der Waals surface area contributed by atoms with Crippen LogP contribution in [0.3, 0.4) is 0 Å². The number of aliphatic carboxylic acids is 1. The van der Waals surface area contributed by atoms with E-state index >= 15 is 0 Å². The Morgan fingerprint density at radius 2 is 1.57 bits per heavy atom. The third-order valence-corrected chi connectivity index (χ3v) is 2.69. The Hall–Kier alpha value is -2.63. The van der Waals surface area contributed by atoms with Crippen LogP contribution in [0, 0.1) is 0 Å². The number of nitrogens with one attached hydrogen (secondary N) is 2. The maximum atomic E-state index is 11.8. The van der Waals surface area contributed by atoms with E-state index in [4.69, 9.17) is 5.11 Å². The van der Waals surface area contributed by atoms with Gasteiger partial charge < -0.3 is 5.11 Å². The molecular formula is C15H18N2O4. The van der Waals surface area contributed by atoms with Gasteiger partial charge in [-0.05, 0) is 23.1 Å². The first-order valence-electron chi connectivity index (χ1n) is 6.32. The summed E-state index contributed by atoms with van der Waals surface area (Å²) >= 11 is 0. The van der Waals surface area contributed by atoms with Crippen molar-refractivity contribution in [1.82, 2.24) is 10.9 Å². The Bertz CT molecular complexity index is 568. The number of carbonyl (C=O) groups is 3. The number of rotatable bonds is 3. The average molecular weight is 290 g/mol. The Kier molecular flexibility index (Phi) is 5.24. The fourth-order valence-corrected chi connectivity index (χ4v) is 1.50. The smallest absolute Gasteiger partial charge is 0.328 e. The Morgan fingerprint density at radius 1 is 1.00 bits per heavy atom. The lowest BCUT2D eigenvalue weighted by Crippen LogP contribution is -2.40. The molecule has 0 heterocycles. The Balaban J connectivity index is 2.60. The summed E-state index contributed by atoms with van der Waals surface area (Å²) in [5.41, 5.74) is 5.77. The zero-order chi connectivity index (χ0) is 16.0. The summed E-state index contributed by atoms with van der Waals surface area (Å²) in [6.07, 6.45) is 1.49. The molecule has 112 valence electrons. The molecule has 0 spiro atoms. The van der Waals surface area contributed by atoms with Crippen LogP contribution in [0.25, 0.3) is 0 Å².